The fraction of sp³-hybridized carbons (Fsp3) is 0.588. The monoisotopic (exact) mass is 287 g/mol. The van der Waals surface area contributed by atoms with Gasteiger partial charge in [-0.25, -0.2) is 4.98 Å². The van der Waals surface area contributed by atoms with Crippen LogP contribution >= 0.6 is 0 Å². The van der Waals surface area contributed by atoms with Crippen molar-refractivity contribution in [3.05, 3.63) is 24.0 Å². The number of nitrogen functional groups attached to an aromatic ring is 1. The first kappa shape index (κ1) is 14.4. The molecule has 0 aliphatic heterocycles. The number of rotatable bonds is 6. The summed E-state index contributed by atoms with van der Waals surface area (Å²) < 4.78 is 7.68. The zero-order valence-corrected chi connectivity index (χ0v) is 13.2. The van der Waals surface area contributed by atoms with Crippen LogP contribution in [0.15, 0.2) is 18.2 Å². The first-order chi connectivity index (χ1) is 10.0. The SMILES string of the molecule is COCCC1(Cn2c(C(C)C)nc3cc(N)ccc32)CC1. The molecule has 0 unspecified atom stereocenters. The van der Waals surface area contributed by atoms with E-state index in [1.807, 2.05) is 12.1 Å². The average molecular weight is 287 g/mol. The normalized spacial score (nSPS) is 16.8. The molecule has 0 spiro atoms. The van der Waals surface area contributed by atoms with E-state index in [0.717, 1.165) is 30.8 Å². The highest BCUT2D eigenvalue weighted by Gasteiger charge is 2.43. The third kappa shape index (κ3) is 2.77. The van der Waals surface area contributed by atoms with E-state index in [2.05, 4.69) is 24.5 Å². The van der Waals surface area contributed by atoms with Gasteiger partial charge in [-0.2, -0.15) is 0 Å². The molecule has 0 amide bonds. The van der Waals surface area contributed by atoms with Crippen LogP contribution in [-0.4, -0.2) is 23.3 Å². The Balaban J connectivity index is 1.98. The first-order valence-corrected chi connectivity index (χ1v) is 7.79. The standard InChI is InChI=1S/C17H25N3O/c1-12(2)16-19-14-10-13(18)4-5-15(14)20(16)11-17(6-7-17)8-9-21-3/h4-5,10,12H,6-9,11,18H2,1-3H3. The lowest BCUT2D eigenvalue weighted by atomic mass is 10.0. The maximum absolute atomic E-state index is 5.90. The van der Waals surface area contributed by atoms with Crippen molar-refractivity contribution in [2.24, 2.45) is 5.41 Å². The van der Waals surface area contributed by atoms with Gasteiger partial charge in [-0.05, 0) is 42.9 Å². The Labute approximate surface area is 126 Å². The number of aromatic nitrogens is 2. The zero-order valence-electron chi connectivity index (χ0n) is 13.2. The third-order valence-electron chi connectivity index (χ3n) is 4.61. The second-order valence-electron chi connectivity index (χ2n) is 6.70. The van der Waals surface area contributed by atoms with Gasteiger partial charge in [0.2, 0.25) is 0 Å². The lowest BCUT2D eigenvalue weighted by molar-refractivity contribution is 0.166. The summed E-state index contributed by atoms with van der Waals surface area (Å²) in [5.74, 6) is 1.58. The predicted molar refractivity (Wildman–Crippen MR) is 86.4 cm³/mol. The highest BCUT2D eigenvalue weighted by Crippen LogP contribution is 2.51. The van der Waals surface area contributed by atoms with E-state index in [0.29, 0.717) is 11.3 Å². The average Bonchev–Trinajstić information content (AvgIpc) is 3.12. The van der Waals surface area contributed by atoms with E-state index in [1.54, 1.807) is 7.11 Å². The number of hydrogen-bond acceptors (Lipinski definition) is 3. The molecule has 1 fully saturated rings. The van der Waals surface area contributed by atoms with Crippen LogP contribution < -0.4 is 5.73 Å². The van der Waals surface area contributed by atoms with Crippen LogP contribution in [0.5, 0.6) is 0 Å². The Kier molecular flexibility index (Phi) is 3.66. The van der Waals surface area contributed by atoms with Crippen LogP contribution in [0.4, 0.5) is 5.69 Å². The third-order valence-corrected chi connectivity index (χ3v) is 4.61. The molecule has 1 aromatic heterocycles. The first-order valence-electron chi connectivity index (χ1n) is 7.79. The Morgan fingerprint density at radius 2 is 2.14 bits per heavy atom. The van der Waals surface area contributed by atoms with Gasteiger partial charge in [-0.1, -0.05) is 13.8 Å². The van der Waals surface area contributed by atoms with Crippen molar-refractivity contribution in [3.8, 4) is 0 Å². The number of anilines is 1. The molecule has 0 radical (unpaired) electrons. The minimum absolute atomic E-state index is 0.411. The Morgan fingerprint density at radius 1 is 1.38 bits per heavy atom. The fourth-order valence-corrected chi connectivity index (χ4v) is 3.09. The van der Waals surface area contributed by atoms with Crippen LogP contribution in [-0.2, 0) is 11.3 Å². The number of ether oxygens (including phenoxy) is 1. The molecule has 1 aliphatic rings. The summed E-state index contributed by atoms with van der Waals surface area (Å²) in [6.45, 7) is 6.30. The number of fused-ring (bicyclic) bond motifs is 1. The molecule has 0 saturated heterocycles. The maximum atomic E-state index is 5.90. The van der Waals surface area contributed by atoms with Gasteiger partial charge in [0.1, 0.15) is 5.82 Å². The molecule has 0 atom stereocenters. The molecule has 1 saturated carbocycles. The molecule has 2 N–H and O–H groups in total. The molecule has 4 nitrogen and oxygen atoms in total. The van der Waals surface area contributed by atoms with Gasteiger partial charge < -0.3 is 15.0 Å². The molecular weight excluding hydrogens is 262 g/mol. The van der Waals surface area contributed by atoms with Crippen molar-refractivity contribution < 1.29 is 4.74 Å². The highest BCUT2D eigenvalue weighted by molar-refractivity contribution is 5.79. The number of benzene rings is 1. The summed E-state index contributed by atoms with van der Waals surface area (Å²) in [5, 5.41) is 0. The summed E-state index contributed by atoms with van der Waals surface area (Å²) in [4.78, 5) is 4.82. The minimum Gasteiger partial charge on any atom is -0.399 e. The summed E-state index contributed by atoms with van der Waals surface area (Å²) >= 11 is 0. The Bertz CT molecular complexity index is 641. The Morgan fingerprint density at radius 3 is 2.76 bits per heavy atom. The van der Waals surface area contributed by atoms with Gasteiger partial charge >= 0.3 is 0 Å². The van der Waals surface area contributed by atoms with Gasteiger partial charge in [-0.15, -0.1) is 0 Å². The number of methoxy groups -OCH3 is 1. The lowest BCUT2D eigenvalue weighted by Gasteiger charge is -2.19. The molecule has 4 heteroatoms. The number of nitrogens with two attached hydrogens (primary N) is 1. The fourth-order valence-electron chi connectivity index (χ4n) is 3.09. The summed E-state index contributed by atoms with van der Waals surface area (Å²) in [6, 6.07) is 6.06. The zero-order chi connectivity index (χ0) is 15.0. The second-order valence-corrected chi connectivity index (χ2v) is 6.70. The number of imidazole rings is 1. The van der Waals surface area contributed by atoms with Crippen molar-refractivity contribution in [1.82, 2.24) is 9.55 Å². The van der Waals surface area contributed by atoms with Crippen molar-refractivity contribution in [2.75, 3.05) is 19.5 Å². The van der Waals surface area contributed by atoms with Crippen LogP contribution in [0.25, 0.3) is 11.0 Å². The van der Waals surface area contributed by atoms with Gasteiger partial charge in [0.15, 0.2) is 0 Å². The topological polar surface area (TPSA) is 53.1 Å². The molecule has 2 aromatic rings. The number of nitrogens with zero attached hydrogens (tertiary/aromatic N) is 2. The molecule has 3 rings (SSSR count). The highest BCUT2D eigenvalue weighted by atomic mass is 16.5. The minimum atomic E-state index is 0.411. The van der Waals surface area contributed by atoms with Crippen LogP contribution in [0.3, 0.4) is 0 Å². The van der Waals surface area contributed by atoms with E-state index in [1.165, 1.54) is 24.2 Å². The summed E-state index contributed by atoms with van der Waals surface area (Å²) in [7, 11) is 1.78. The molecule has 1 heterocycles. The smallest absolute Gasteiger partial charge is 0.112 e. The predicted octanol–water partition coefficient (Wildman–Crippen LogP) is 3.56. The van der Waals surface area contributed by atoms with E-state index >= 15 is 0 Å². The van der Waals surface area contributed by atoms with Crippen molar-refractivity contribution >= 4 is 16.7 Å². The van der Waals surface area contributed by atoms with Crippen LogP contribution in [0.2, 0.25) is 0 Å². The molecule has 1 aliphatic carbocycles. The molecule has 0 bridgehead atoms. The largest absolute Gasteiger partial charge is 0.399 e. The van der Waals surface area contributed by atoms with Crippen molar-refractivity contribution in [3.63, 3.8) is 0 Å². The molecule has 21 heavy (non-hydrogen) atoms. The van der Waals surface area contributed by atoms with Crippen molar-refractivity contribution in [1.29, 1.82) is 0 Å². The van der Waals surface area contributed by atoms with E-state index in [4.69, 9.17) is 15.5 Å². The van der Waals surface area contributed by atoms with Crippen LogP contribution in [0, 0.1) is 5.41 Å². The quantitative estimate of drug-likeness (QED) is 0.826. The number of hydrogen-bond donors (Lipinski definition) is 1. The molecule has 114 valence electrons. The van der Waals surface area contributed by atoms with E-state index in [-0.39, 0.29) is 0 Å². The van der Waals surface area contributed by atoms with E-state index < -0.39 is 0 Å². The second kappa shape index (κ2) is 5.34. The molecular formula is C17H25N3O. The molecule has 1 aromatic carbocycles. The van der Waals surface area contributed by atoms with Crippen LogP contribution in [0.1, 0.15) is 44.9 Å². The Hall–Kier alpha value is -1.55. The van der Waals surface area contributed by atoms with E-state index in [9.17, 15) is 0 Å². The van der Waals surface area contributed by atoms with Gasteiger partial charge in [0.05, 0.1) is 11.0 Å². The van der Waals surface area contributed by atoms with Gasteiger partial charge in [0, 0.05) is 31.9 Å². The van der Waals surface area contributed by atoms with Crippen molar-refractivity contribution in [2.45, 2.75) is 45.6 Å². The summed E-state index contributed by atoms with van der Waals surface area (Å²) in [6.07, 6.45) is 3.72. The maximum Gasteiger partial charge on any atom is 0.112 e. The van der Waals surface area contributed by atoms with Gasteiger partial charge in [-0.3, -0.25) is 0 Å². The summed E-state index contributed by atoms with van der Waals surface area (Å²) in [5.41, 5.74) is 9.31. The van der Waals surface area contributed by atoms with Gasteiger partial charge in [0.25, 0.3) is 0 Å². The lowest BCUT2D eigenvalue weighted by Crippen LogP contribution is -2.16.